The molecule has 0 bridgehead atoms. The number of hydrogen-bond acceptors (Lipinski definition) is 3. The van der Waals surface area contributed by atoms with Crippen LogP contribution >= 0.6 is 11.6 Å². The van der Waals surface area contributed by atoms with Crippen LogP contribution in [0.2, 0.25) is 0 Å². The minimum absolute atomic E-state index is 0.0176. The molecule has 1 aromatic heterocycles. The zero-order valence-corrected chi connectivity index (χ0v) is 9.42. The average molecular weight is 231 g/mol. The Morgan fingerprint density at radius 3 is 3.07 bits per heavy atom. The van der Waals surface area contributed by atoms with Crippen LogP contribution in [0.1, 0.15) is 38.1 Å². The molecule has 84 valence electrons. The quantitative estimate of drug-likeness (QED) is 0.573. The number of aromatic nitrogens is 3. The first-order chi connectivity index (χ1) is 7.24. The van der Waals surface area contributed by atoms with Gasteiger partial charge in [0, 0.05) is 12.3 Å². The van der Waals surface area contributed by atoms with Crippen LogP contribution in [0.4, 0.5) is 0 Å². The number of unbranched alkanes of at least 4 members (excludes halogenated alkanes) is 1. The number of carbonyl (C=O) groups is 1. The Labute approximate surface area is 93.6 Å². The number of H-pyrrole nitrogens is 1. The molecule has 1 rings (SSSR count). The lowest BCUT2D eigenvalue weighted by molar-refractivity contribution is -0.121. The minimum Gasteiger partial charge on any atom is -0.346 e. The van der Waals surface area contributed by atoms with Crippen LogP contribution in [-0.4, -0.2) is 27.0 Å². The van der Waals surface area contributed by atoms with Gasteiger partial charge in [-0.3, -0.25) is 9.89 Å². The van der Waals surface area contributed by atoms with Gasteiger partial charge in [0.15, 0.2) is 0 Å². The molecule has 0 radical (unpaired) electrons. The Hall–Kier alpha value is -1.10. The summed E-state index contributed by atoms with van der Waals surface area (Å²) in [5.41, 5.74) is 0. The largest absolute Gasteiger partial charge is 0.346 e. The van der Waals surface area contributed by atoms with Crippen LogP contribution < -0.4 is 5.32 Å². The zero-order valence-electron chi connectivity index (χ0n) is 8.66. The topological polar surface area (TPSA) is 70.7 Å². The Bertz CT molecular complexity index is 288. The fourth-order valence-corrected chi connectivity index (χ4v) is 1.37. The van der Waals surface area contributed by atoms with E-state index in [4.69, 9.17) is 11.6 Å². The van der Waals surface area contributed by atoms with Crippen LogP contribution in [0.3, 0.4) is 0 Å². The fourth-order valence-electron chi connectivity index (χ4n) is 1.19. The lowest BCUT2D eigenvalue weighted by Crippen LogP contribution is -2.27. The van der Waals surface area contributed by atoms with Crippen molar-refractivity contribution in [2.45, 2.75) is 32.2 Å². The van der Waals surface area contributed by atoms with Gasteiger partial charge in [-0.05, 0) is 19.8 Å². The van der Waals surface area contributed by atoms with Crippen molar-refractivity contribution in [3.05, 3.63) is 12.2 Å². The predicted molar refractivity (Wildman–Crippen MR) is 57.5 cm³/mol. The van der Waals surface area contributed by atoms with E-state index in [2.05, 4.69) is 20.5 Å². The number of halogens is 1. The highest BCUT2D eigenvalue weighted by Crippen LogP contribution is 2.05. The first kappa shape index (κ1) is 12.0. The number of carbonyl (C=O) groups excluding carboxylic acids is 1. The van der Waals surface area contributed by atoms with Crippen molar-refractivity contribution in [2.75, 3.05) is 5.88 Å². The number of alkyl halides is 1. The van der Waals surface area contributed by atoms with E-state index in [0.717, 1.165) is 12.8 Å². The van der Waals surface area contributed by atoms with Crippen LogP contribution in [0.15, 0.2) is 6.33 Å². The highest BCUT2D eigenvalue weighted by molar-refractivity contribution is 6.17. The van der Waals surface area contributed by atoms with Crippen molar-refractivity contribution in [2.24, 2.45) is 0 Å². The van der Waals surface area contributed by atoms with Crippen molar-refractivity contribution >= 4 is 17.5 Å². The maximum atomic E-state index is 11.4. The molecule has 0 spiro atoms. The van der Waals surface area contributed by atoms with E-state index in [1.54, 1.807) is 0 Å². The molecule has 0 aromatic carbocycles. The molecule has 6 heteroatoms. The maximum absolute atomic E-state index is 11.4. The molecular formula is C9H15ClN4O. The van der Waals surface area contributed by atoms with E-state index >= 15 is 0 Å². The van der Waals surface area contributed by atoms with Gasteiger partial charge in [0.05, 0.1) is 6.04 Å². The molecule has 15 heavy (non-hydrogen) atoms. The van der Waals surface area contributed by atoms with E-state index in [1.807, 2.05) is 6.92 Å². The van der Waals surface area contributed by atoms with Gasteiger partial charge in [0.25, 0.3) is 0 Å². The summed E-state index contributed by atoms with van der Waals surface area (Å²) in [5.74, 6) is 1.29. The SMILES string of the molecule is CC(NC(=O)CCCCCl)c1ncn[nH]1. The number of nitrogens with one attached hydrogen (secondary N) is 2. The van der Waals surface area contributed by atoms with Gasteiger partial charge in [-0.2, -0.15) is 5.10 Å². The van der Waals surface area contributed by atoms with E-state index in [0.29, 0.717) is 18.1 Å². The van der Waals surface area contributed by atoms with Crippen LogP contribution in [0.5, 0.6) is 0 Å². The van der Waals surface area contributed by atoms with Crippen molar-refractivity contribution in [3.63, 3.8) is 0 Å². The number of nitrogens with zero attached hydrogens (tertiary/aromatic N) is 2. The van der Waals surface area contributed by atoms with E-state index in [1.165, 1.54) is 6.33 Å². The lowest BCUT2D eigenvalue weighted by atomic mass is 10.2. The summed E-state index contributed by atoms with van der Waals surface area (Å²) >= 11 is 5.52. The molecule has 1 unspecified atom stereocenters. The van der Waals surface area contributed by atoms with Crippen LogP contribution in [0.25, 0.3) is 0 Å². The number of rotatable bonds is 6. The van der Waals surface area contributed by atoms with E-state index in [9.17, 15) is 4.79 Å². The van der Waals surface area contributed by atoms with Crippen molar-refractivity contribution in [1.29, 1.82) is 0 Å². The second-order valence-corrected chi connectivity index (χ2v) is 3.68. The molecule has 0 saturated heterocycles. The Kier molecular flexibility index (Phi) is 5.10. The summed E-state index contributed by atoms with van der Waals surface area (Å²) < 4.78 is 0. The van der Waals surface area contributed by atoms with Crippen LogP contribution in [0, 0.1) is 0 Å². The van der Waals surface area contributed by atoms with Gasteiger partial charge in [0.1, 0.15) is 12.2 Å². The van der Waals surface area contributed by atoms with Crippen molar-refractivity contribution in [3.8, 4) is 0 Å². The molecule has 1 heterocycles. The van der Waals surface area contributed by atoms with Crippen LogP contribution in [-0.2, 0) is 4.79 Å². The van der Waals surface area contributed by atoms with Gasteiger partial charge < -0.3 is 5.32 Å². The van der Waals surface area contributed by atoms with Crippen molar-refractivity contribution in [1.82, 2.24) is 20.5 Å². The molecule has 0 aliphatic carbocycles. The Morgan fingerprint density at radius 2 is 2.47 bits per heavy atom. The molecule has 1 atom stereocenters. The van der Waals surface area contributed by atoms with Gasteiger partial charge in [-0.15, -0.1) is 11.6 Å². The molecular weight excluding hydrogens is 216 g/mol. The normalized spacial score (nSPS) is 12.4. The lowest BCUT2D eigenvalue weighted by Gasteiger charge is -2.10. The number of amides is 1. The van der Waals surface area contributed by atoms with Gasteiger partial charge in [-0.1, -0.05) is 0 Å². The highest BCUT2D eigenvalue weighted by Gasteiger charge is 2.10. The summed E-state index contributed by atoms with van der Waals surface area (Å²) in [4.78, 5) is 15.4. The van der Waals surface area contributed by atoms with Crippen molar-refractivity contribution < 1.29 is 4.79 Å². The molecule has 0 saturated carbocycles. The summed E-state index contributed by atoms with van der Waals surface area (Å²) in [6.45, 7) is 1.86. The second kappa shape index (κ2) is 6.40. The molecule has 0 aliphatic heterocycles. The standard InChI is InChI=1S/C9H15ClN4O/c1-7(9-11-6-12-14-9)13-8(15)4-2-3-5-10/h6-7H,2-5H2,1H3,(H,13,15)(H,11,12,14). The smallest absolute Gasteiger partial charge is 0.220 e. The first-order valence-electron chi connectivity index (χ1n) is 4.94. The summed E-state index contributed by atoms with van der Waals surface area (Å²) in [7, 11) is 0. The molecule has 0 fully saturated rings. The Morgan fingerprint density at radius 1 is 1.67 bits per heavy atom. The summed E-state index contributed by atoms with van der Waals surface area (Å²) in [6, 6.07) is -0.129. The number of aromatic amines is 1. The van der Waals surface area contributed by atoms with Gasteiger partial charge in [-0.25, -0.2) is 4.98 Å². The summed E-state index contributed by atoms with van der Waals surface area (Å²) in [5, 5.41) is 9.26. The molecule has 1 aromatic rings. The molecule has 1 amide bonds. The third-order valence-electron chi connectivity index (χ3n) is 2.01. The average Bonchev–Trinajstić information content (AvgIpc) is 2.70. The predicted octanol–water partition coefficient (Wildman–Crippen LogP) is 1.39. The van der Waals surface area contributed by atoms with Gasteiger partial charge >= 0.3 is 0 Å². The first-order valence-corrected chi connectivity index (χ1v) is 5.48. The van der Waals surface area contributed by atoms with E-state index < -0.39 is 0 Å². The summed E-state index contributed by atoms with van der Waals surface area (Å²) in [6.07, 6.45) is 3.61. The molecule has 0 aliphatic rings. The maximum Gasteiger partial charge on any atom is 0.220 e. The fraction of sp³-hybridized carbons (Fsp3) is 0.667. The third kappa shape index (κ3) is 4.29. The monoisotopic (exact) mass is 230 g/mol. The van der Waals surface area contributed by atoms with Gasteiger partial charge in [0.2, 0.25) is 5.91 Å². The highest BCUT2D eigenvalue weighted by atomic mass is 35.5. The second-order valence-electron chi connectivity index (χ2n) is 3.31. The number of hydrogen-bond donors (Lipinski definition) is 2. The van der Waals surface area contributed by atoms with E-state index in [-0.39, 0.29) is 11.9 Å². The zero-order chi connectivity index (χ0) is 11.1. The molecule has 2 N–H and O–H groups in total. The third-order valence-corrected chi connectivity index (χ3v) is 2.28. The molecule has 5 nitrogen and oxygen atoms in total. The minimum atomic E-state index is -0.129. The Balaban J connectivity index is 2.26.